The predicted octanol–water partition coefficient (Wildman–Crippen LogP) is 4.82. The van der Waals surface area contributed by atoms with Crippen molar-refractivity contribution in [3.63, 3.8) is 0 Å². The number of carbonyl (C=O) groups is 1. The lowest BCUT2D eigenvalue weighted by Crippen LogP contribution is -2.38. The second-order valence-corrected chi connectivity index (χ2v) is 10.2. The Balaban J connectivity index is 1.60. The standard InChI is InChI=1S/C27H24F3N5O3S/c1-3-21(16-8-18(29)10-19(30)9-16)35-23(25-32-14(2)13-39-25)33-24(36)22(27(35)38)26(37)34-7-6-15(12-34)20-5-4-17(28)11-31-20/h4-5,8-11,13,15,21,36H,3,6-7,12H2,1-2H3. The fraction of sp³-hybridized carbons (Fsp3) is 0.296. The van der Waals surface area contributed by atoms with E-state index in [-0.39, 0.29) is 36.8 Å². The number of hydrogen-bond acceptors (Lipinski definition) is 7. The normalized spacial score (nSPS) is 16.0. The van der Waals surface area contributed by atoms with Gasteiger partial charge in [0.05, 0.1) is 12.2 Å². The molecule has 0 bridgehead atoms. The van der Waals surface area contributed by atoms with Crippen molar-refractivity contribution in [3.8, 4) is 16.7 Å². The number of nitrogens with zero attached hydrogens (tertiary/aromatic N) is 5. The van der Waals surface area contributed by atoms with Gasteiger partial charge in [-0.15, -0.1) is 11.3 Å². The molecule has 202 valence electrons. The molecule has 1 amide bonds. The van der Waals surface area contributed by atoms with Gasteiger partial charge in [0, 0.05) is 41.8 Å². The molecule has 0 radical (unpaired) electrons. The van der Waals surface area contributed by atoms with Crippen LogP contribution in [0, 0.1) is 24.4 Å². The van der Waals surface area contributed by atoms with Crippen molar-refractivity contribution in [2.45, 2.75) is 38.6 Å². The van der Waals surface area contributed by atoms with Crippen molar-refractivity contribution >= 4 is 17.2 Å². The van der Waals surface area contributed by atoms with Crippen LogP contribution in [0.4, 0.5) is 13.2 Å². The lowest BCUT2D eigenvalue weighted by atomic mass is 10.0. The maximum atomic E-state index is 14.2. The minimum Gasteiger partial charge on any atom is -0.493 e. The third-order valence-corrected chi connectivity index (χ3v) is 7.69. The van der Waals surface area contributed by atoms with E-state index in [9.17, 15) is 27.9 Å². The maximum Gasteiger partial charge on any atom is 0.271 e. The lowest BCUT2D eigenvalue weighted by molar-refractivity contribution is 0.0784. The molecule has 3 aromatic heterocycles. The maximum absolute atomic E-state index is 14.2. The van der Waals surface area contributed by atoms with Crippen molar-refractivity contribution < 1.29 is 23.1 Å². The number of amides is 1. The summed E-state index contributed by atoms with van der Waals surface area (Å²) in [6.07, 6.45) is 1.86. The van der Waals surface area contributed by atoms with Gasteiger partial charge in [-0.2, -0.15) is 4.98 Å². The Hall–Kier alpha value is -4.06. The molecule has 2 unspecified atom stereocenters. The first-order valence-corrected chi connectivity index (χ1v) is 13.2. The van der Waals surface area contributed by atoms with E-state index in [2.05, 4.69) is 15.0 Å². The van der Waals surface area contributed by atoms with Crippen LogP contribution in [0.2, 0.25) is 0 Å². The molecule has 1 aromatic carbocycles. The highest BCUT2D eigenvalue weighted by Crippen LogP contribution is 2.32. The zero-order valence-corrected chi connectivity index (χ0v) is 21.9. The second kappa shape index (κ2) is 10.6. The van der Waals surface area contributed by atoms with Crippen molar-refractivity contribution in [3.05, 3.63) is 92.2 Å². The molecule has 1 saturated heterocycles. The second-order valence-electron chi connectivity index (χ2n) is 9.37. The third kappa shape index (κ3) is 5.16. The number of carbonyl (C=O) groups excluding carboxylic acids is 1. The minimum atomic E-state index is -0.906. The van der Waals surface area contributed by atoms with E-state index >= 15 is 0 Å². The Morgan fingerprint density at radius 3 is 2.51 bits per heavy atom. The Morgan fingerprint density at radius 1 is 1.15 bits per heavy atom. The molecule has 0 saturated carbocycles. The number of thiazole rings is 1. The van der Waals surface area contributed by atoms with Gasteiger partial charge in [-0.3, -0.25) is 19.1 Å². The van der Waals surface area contributed by atoms with Crippen LogP contribution in [0.25, 0.3) is 10.8 Å². The molecule has 8 nitrogen and oxygen atoms in total. The molecule has 1 aliphatic heterocycles. The fourth-order valence-corrected chi connectivity index (χ4v) is 5.70. The van der Waals surface area contributed by atoms with Crippen LogP contribution in [-0.2, 0) is 0 Å². The van der Waals surface area contributed by atoms with Crippen LogP contribution in [0.15, 0.2) is 46.7 Å². The number of pyridine rings is 1. The highest BCUT2D eigenvalue weighted by molar-refractivity contribution is 7.13. The molecule has 5 rings (SSSR count). The zero-order chi connectivity index (χ0) is 27.8. The number of likely N-dealkylation sites (tertiary alicyclic amines) is 1. The molecular weight excluding hydrogens is 531 g/mol. The van der Waals surface area contributed by atoms with E-state index in [4.69, 9.17) is 0 Å². The average molecular weight is 556 g/mol. The first-order valence-electron chi connectivity index (χ1n) is 12.3. The van der Waals surface area contributed by atoms with Crippen molar-refractivity contribution in [1.82, 2.24) is 24.4 Å². The summed E-state index contributed by atoms with van der Waals surface area (Å²) < 4.78 is 42.8. The number of hydrogen-bond donors (Lipinski definition) is 1. The van der Waals surface area contributed by atoms with Crippen LogP contribution < -0.4 is 5.56 Å². The third-order valence-electron chi connectivity index (χ3n) is 6.73. The van der Waals surface area contributed by atoms with E-state index in [1.807, 2.05) is 0 Å². The number of aryl methyl sites for hydroxylation is 1. The van der Waals surface area contributed by atoms with Gasteiger partial charge in [0.2, 0.25) is 5.88 Å². The predicted molar refractivity (Wildman–Crippen MR) is 138 cm³/mol. The minimum absolute atomic E-state index is 0.0153. The summed E-state index contributed by atoms with van der Waals surface area (Å²) in [5.41, 5.74) is 0.0318. The van der Waals surface area contributed by atoms with Gasteiger partial charge < -0.3 is 10.0 Å². The van der Waals surface area contributed by atoms with Crippen LogP contribution >= 0.6 is 11.3 Å². The molecule has 39 heavy (non-hydrogen) atoms. The molecule has 4 heterocycles. The SMILES string of the molecule is CCC(c1cc(F)cc(F)c1)n1c(-c2nc(C)cs2)nc(O)c(C(=O)N2CCC(c3ccc(F)cn3)C2)c1=O. The van der Waals surface area contributed by atoms with Gasteiger partial charge in [-0.1, -0.05) is 6.92 Å². The quantitative estimate of drug-likeness (QED) is 0.366. The van der Waals surface area contributed by atoms with Crippen molar-refractivity contribution in [2.24, 2.45) is 0 Å². The van der Waals surface area contributed by atoms with E-state index in [0.29, 0.717) is 22.8 Å². The van der Waals surface area contributed by atoms with E-state index < -0.39 is 46.4 Å². The Morgan fingerprint density at radius 2 is 1.90 bits per heavy atom. The molecule has 1 N–H and O–H groups in total. The molecular formula is C27H24F3N5O3S. The molecule has 4 aromatic rings. The number of aromatic nitrogens is 4. The highest BCUT2D eigenvalue weighted by Gasteiger charge is 2.34. The molecule has 0 spiro atoms. The van der Waals surface area contributed by atoms with E-state index in [1.54, 1.807) is 25.3 Å². The first kappa shape index (κ1) is 26.5. The summed E-state index contributed by atoms with van der Waals surface area (Å²) in [6, 6.07) is 4.91. The number of rotatable bonds is 6. The monoisotopic (exact) mass is 555 g/mol. The Bertz CT molecular complexity index is 1590. The smallest absolute Gasteiger partial charge is 0.271 e. The van der Waals surface area contributed by atoms with E-state index in [1.165, 1.54) is 26.9 Å². The summed E-state index contributed by atoms with van der Waals surface area (Å²) >= 11 is 1.18. The van der Waals surface area contributed by atoms with E-state index in [0.717, 1.165) is 24.4 Å². The van der Waals surface area contributed by atoms with Crippen LogP contribution in [0.5, 0.6) is 5.88 Å². The summed E-state index contributed by atoms with van der Waals surface area (Å²) in [5, 5.41) is 12.9. The van der Waals surface area contributed by atoms with Gasteiger partial charge in [0.25, 0.3) is 11.5 Å². The van der Waals surface area contributed by atoms with Gasteiger partial charge in [-0.25, -0.2) is 18.2 Å². The summed E-state index contributed by atoms with van der Waals surface area (Å²) in [5.74, 6) is -3.78. The fourth-order valence-electron chi connectivity index (χ4n) is 4.91. The zero-order valence-electron chi connectivity index (χ0n) is 21.1. The molecule has 12 heteroatoms. The first-order chi connectivity index (χ1) is 18.7. The molecule has 0 aliphatic carbocycles. The van der Waals surface area contributed by atoms with Crippen LogP contribution in [-0.4, -0.2) is 48.5 Å². The molecule has 1 fully saturated rings. The van der Waals surface area contributed by atoms with Crippen LogP contribution in [0.1, 0.15) is 59.0 Å². The van der Waals surface area contributed by atoms with Gasteiger partial charge in [-0.05, 0) is 49.6 Å². The van der Waals surface area contributed by atoms with Gasteiger partial charge in [0.1, 0.15) is 17.5 Å². The topological polar surface area (TPSA) is 101 Å². The summed E-state index contributed by atoms with van der Waals surface area (Å²) in [4.78, 5) is 41.7. The van der Waals surface area contributed by atoms with Crippen molar-refractivity contribution in [2.75, 3.05) is 13.1 Å². The highest BCUT2D eigenvalue weighted by atomic mass is 32.1. The number of aromatic hydroxyl groups is 1. The number of halogens is 3. The lowest BCUT2D eigenvalue weighted by Gasteiger charge is -2.24. The number of benzene rings is 1. The summed E-state index contributed by atoms with van der Waals surface area (Å²) in [6.45, 7) is 3.96. The van der Waals surface area contributed by atoms with Gasteiger partial charge >= 0.3 is 0 Å². The van der Waals surface area contributed by atoms with Crippen molar-refractivity contribution in [1.29, 1.82) is 0 Å². The average Bonchev–Trinajstić information content (AvgIpc) is 3.55. The largest absolute Gasteiger partial charge is 0.493 e. The van der Waals surface area contributed by atoms with Crippen LogP contribution in [0.3, 0.4) is 0 Å². The summed E-state index contributed by atoms with van der Waals surface area (Å²) in [7, 11) is 0. The molecule has 2 atom stereocenters. The Kier molecular flexibility index (Phi) is 7.21. The Labute approximate surface area is 225 Å². The molecule has 1 aliphatic rings. The van der Waals surface area contributed by atoms with Gasteiger partial charge in [0.15, 0.2) is 16.4 Å².